The van der Waals surface area contributed by atoms with Gasteiger partial charge in [0.15, 0.2) is 34.5 Å². The monoisotopic (exact) mass is 594 g/mol. The van der Waals surface area contributed by atoms with Crippen molar-refractivity contribution in [1.29, 1.82) is 0 Å². The fourth-order valence-electron chi connectivity index (χ4n) is 6.87. The average Bonchev–Trinajstić information content (AvgIpc) is 3.04. The quantitative estimate of drug-likeness (QED) is 0.278. The van der Waals surface area contributed by atoms with Crippen molar-refractivity contribution in [3.05, 3.63) is 94.0 Å². The molecule has 0 saturated carbocycles. The van der Waals surface area contributed by atoms with E-state index in [9.17, 15) is 5.11 Å². The first-order chi connectivity index (χ1) is 21.4. The van der Waals surface area contributed by atoms with Crippen LogP contribution < -0.4 is 29.0 Å². The largest absolute Gasteiger partial charge is 0.504 e. The highest BCUT2D eigenvalue weighted by Crippen LogP contribution is 2.50. The molecular formula is C36H38N2O6. The number of phenolic OH excluding ortho intramolecular Hbond substituents is 1. The molecule has 4 aromatic rings. The summed E-state index contributed by atoms with van der Waals surface area (Å²) >= 11 is 0. The first-order valence-electron chi connectivity index (χ1n) is 15.1. The van der Waals surface area contributed by atoms with Crippen molar-refractivity contribution < 1.29 is 28.8 Å². The summed E-state index contributed by atoms with van der Waals surface area (Å²) in [6.07, 6.45) is 3.20. The van der Waals surface area contributed by atoms with Crippen LogP contribution in [0.15, 0.2) is 60.7 Å². The highest BCUT2D eigenvalue weighted by atomic mass is 16.5. The molecule has 0 saturated heterocycles. The Bertz CT molecular complexity index is 1700. The first-order valence-corrected chi connectivity index (χ1v) is 15.1. The maximum Gasteiger partial charge on any atom is 0.204 e. The van der Waals surface area contributed by atoms with Gasteiger partial charge in [0.05, 0.1) is 21.3 Å². The Morgan fingerprint density at radius 2 is 1.57 bits per heavy atom. The molecule has 2 atom stereocenters. The van der Waals surface area contributed by atoms with Gasteiger partial charge in [-0.05, 0) is 110 Å². The lowest BCUT2D eigenvalue weighted by Crippen LogP contribution is -2.33. The fraction of sp³-hybridized carbons (Fsp3) is 0.333. The highest BCUT2D eigenvalue weighted by molar-refractivity contribution is 5.63. The number of fused-ring (bicyclic) bond motifs is 2. The van der Waals surface area contributed by atoms with Crippen LogP contribution in [0, 0.1) is 0 Å². The van der Waals surface area contributed by atoms with Gasteiger partial charge >= 0.3 is 0 Å². The van der Waals surface area contributed by atoms with Crippen molar-refractivity contribution in [2.24, 2.45) is 0 Å². The van der Waals surface area contributed by atoms with E-state index in [0.29, 0.717) is 46.7 Å². The lowest BCUT2D eigenvalue weighted by Gasteiger charge is -2.36. The summed E-state index contributed by atoms with van der Waals surface area (Å²) < 4.78 is 30.8. The van der Waals surface area contributed by atoms with E-state index in [0.717, 1.165) is 49.0 Å². The number of phenols is 1. The van der Waals surface area contributed by atoms with Gasteiger partial charge in [-0.25, -0.2) is 0 Å². The second-order valence-electron chi connectivity index (χ2n) is 11.8. The lowest BCUT2D eigenvalue weighted by molar-refractivity contribution is 0.228. The van der Waals surface area contributed by atoms with Crippen molar-refractivity contribution in [1.82, 2.24) is 10.2 Å². The number of benzene rings is 4. The highest BCUT2D eigenvalue weighted by Gasteiger charge is 2.32. The van der Waals surface area contributed by atoms with Gasteiger partial charge in [-0.3, -0.25) is 4.90 Å². The SMILES string of the molecule is COc1cc2c3cc1Oc1c(OC)c(OC)cc4c1[C@@H](Cc1ccc(O)c(c1)Oc1ccc(cc1)C[C@H]3N(C)CC2)NCC4. The Kier molecular flexibility index (Phi) is 7.48. The van der Waals surface area contributed by atoms with Crippen molar-refractivity contribution in [3.8, 4) is 46.0 Å². The minimum atomic E-state index is -0.0911. The third-order valence-electron chi connectivity index (χ3n) is 9.19. The number of hydrogen-bond acceptors (Lipinski definition) is 8. The van der Waals surface area contributed by atoms with E-state index in [2.05, 4.69) is 47.6 Å². The van der Waals surface area contributed by atoms with E-state index in [1.54, 1.807) is 27.4 Å². The van der Waals surface area contributed by atoms with Crippen LogP contribution in [0.4, 0.5) is 0 Å². The third-order valence-corrected chi connectivity index (χ3v) is 9.19. The predicted molar refractivity (Wildman–Crippen MR) is 168 cm³/mol. The van der Waals surface area contributed by atoms with Crippen molar-refractivity contribution in [2.45, 2.75) is 37.8 Å². The van der Waals surface area contributed by atoms with Crippen LogP contribution in [0.1, 0.15) is 45.5 Å². The Labute approximate surface area is 258 Å². The standard InChI is InChI=1S/C36H38N2O6/c1-38-14-12-23-18-31(40-2)32-20-26(23)28(38)16-21-5-8-25(9-6-21)43-30-17-22(7-10-29(30)39)15-27-34-24(11-13-37-27)19-33(41-3)35(42-4)36(34)44-32/h5-10,17-20,27-28,37,39H,11-16H2,1-4H3/t27-,28-/m1/s1. The number of methoxy groups -OCH3 is 3. The zero-order valence-electron chi connectivity index (χ0n) is 25.6. The van der Waals surface area contributed by atoms with Crippen LogP contribution in [0.2, 0.25) is 0 Å². The van der Waals surface area contributed by atoms with Gasteiger partial charge in [-0.1, -0.05) is 18.2 Å². The van der Waals surface area contributed by atoms with Gasteiger partial charge < -0.3 is 34.1 Å². The molecule has 8 rings (SSSR count). The minimum absolute atomic E-state index is 0.0911. The van der Waals surface area contributed by atoms with Gasteiger partial charge in [-0.2, -0.15) is 0 Å². The zero-order valence-corrected chi connectivity index (χ0v) is 25.6. The molecule has 0 aromatic heterocycles. The third kappa shape index (κ3) is 5.08. The molecule has 8 heteroatoms. The Morgan fingerprint density at radius 3 is 2.34 bits per heavy atom. The number of nitrogens with one attached hydrogen (secondary N) is 1. The van der Waals surface area contributed by atoms with E-state index >= 15 is 0 Å². The summed E-state index contributed by atoms with van der Waals surface area (Å²) in [4.78, 5) is 2.40. The van der Waals surface area contributed by atoms with Crippen molar-refractivity contribution >= 4 is 0 Å². The second-order valence-corrected chi connectivity index (χ2v) is 11.8. The number of ether oxygens (including phenoxy) is 5. The van der Waals surface area contributed by atoms with Crippen LogP contribution in [-0.4, -0.2) is 51.5 Å². The molecule has 6 bridgehead atoms. The van der Waals surface area contributed by atoms with E-state index in [1.807, 2.05) is 24.3 Å². The summed E-state index contributed by atoms with van der Waals surface area (Å²) in [5.74, 6) is 4.31. The van der Waals surface area contributed by atoms with Crippen LogP contribution in [0.3, 0.4) is 0 Å². The van der Waals surface area contributed by atoms with Crippen LogP contribution in [-0.2, 0) is 25.7 Å². The van der Waals surface area contributed by atoms with Gasteiger partial charge in [0.25, 0.3) is 0 Å². The van der Waals surface area contributed by atoms with E-state index in [-0.39, 0.29) is 17.8 Å². The second kappa shape index (κ2) is 11.6. The minimum Gasteiger partial charge on any atom is -0.504 e. The van der Waals surface area contributed by atoms with Gasteiger partial charge in [0.1, 0.15) is 5.75 Å². The fourth-order valence-corrected chi connectivity index (χ4v) is 6.87. The smallest absolute Gasteiger partial charge is 0.204 e. The molecule has 2 N–H and O–H groups in total. The summed E-state index contributed by atoms with van der Waals surface area (Å²) in [7, 11) is 7.16. The maximum absolute atomic E-state index is 10.7. The summed E-state index contributed by atoms with van der Waals surface area (Å²) in [5.41, 5.74) is 6.85. The molecule has 8 nitrogen and oxygen atoms in total. The first kappa shape index (κ1) is 28.4. The molecule has 4 aliphatic rings. The number of rotatable bonds is 3. The Hall–Kier alpha value is -4.40. The van der Waals surface area contributed by atoms with E-state index in [4.69, 9.17) is 23.7 Å². The maximum atomic E-state index is 10.7. The number of hydrogen-bond donors (Lipinski definition) is 2. The Morgan fingerprint density at radius 1 is 0.795 bits per heavy atom. The molecule has 0 fully saturated rings. The molecule has 44 heavy (non-hydrogen) atoms. The molecule has 0 aliphatic carbocycles. The topological polar surface area (TPSA) is 81.7 Å². The molecular weight excluding hydrogens is 556 g/mol. The summed E-state index contributed by atoms with van der Waals surface area (Å²) in [6, 6.07) is 20.1. The summed E-state index contributed by atoms with van der Waals surface area (Å²) in [5, 5.41) is 14.4. The van der Waals surface area contributed by atoms with Crippen LogP contribution >= 0.6 is 0 Å². The van der Waals surface area contributed by atoms with Crippen LogP contribution in [0.25, 0.3) is 0 Å². The molecule has 4 heterocycles. The zero-order chi connectivity index (χ0) is 30.4. The van der Waals surface area contributed by atoms with Gasteiger partial charge in [-0.15, -0.1) is 0 Å². The molecule has 0 radical (unpaired) electrons. The predicted octanol–water partition coefficient (Wildman–Crippen LogP) is 6.52. The van der Waals surface area contributed by atoms with E-state index in [1.165, 1.54) is 16.7 Å². The van der Waals surface area contributed by atoms with Gasteiger partial charge in [0.2, 0.25) is 5.75 Å². The molecule has 4 aromatic carbocycles. The molecule has 4 aliphatic heterocycles. The van der Waals surface area contributed by atoms with Crippen LogP contribution in [0.5, 0.6) is 46.0 Å². The molecule has 228 valence electrons. The molecule has 0 amide bonds. The molecule has 0 unspecified atom stereocenters. The number of nitrogens with zero attached hydrogens (tertiary/aromatic N) is 1. The number of likely N-dealkylation sites (N-methyl/N-ethyl adjacent to an activating group) is 1. The van der Waals surface area contributed by atoms with Gasteiger partial charge in [0, 0.05) is 24.2 Å². The summed E-state index contributed by atoms with van der Waals surface area (Å²) in [6.45, 7) is 1.75. The average molecular weight is 595 g/mol. The lowest BCUT2D eigenvalue weighted by atomic mass is 9.88. The van der Waals surface area contributed by atoms with Crippen molar-refractivity contribution in [3.63, 3.8) is 0 Å². The van der Waals surface area contributed by atoms with E-state index < -0.39 is 0 Å². The molecule has 0 spiro atoms. The number of aromatic hydroxyl groups is 1. The van der Waals surface area contributed by atoms with Crippen molar-refractivity contribution in [2.75, 3.05) is 41.5 Å². The normalized spacial score (nSPS) is 19.1. The Balaban J connectivity index is 1.45.